The Morgan fingerprint density at radius 2 is 1.75 bits per heavy atom. The van der Waals surface area contributed by atoms with Gasteiger partial charge in [-0.2, -0.15) is 0 Å². The van der Waals surface area contributed by atoms with Crippen LogP contribution in [0.4, 0.5) is 0 Å². The van der Waals surface area contributed by atoms with E-state index in [1.807, 2.05) is 20.1 Å². The minimum absolute atomic E-state index is 0.752. The van der Waals surface area contributed by atoms with Crippen LogP contribution in [-0.4, -0.2) is 34.5 Å². The molecular weight excluding hydrogens is 218 g/mol. The van der Waals surface area contributed by atoms with Gasteiger partial charge in [-0.15, -0.1) is 0 Å². The fourth-order valence-electron chi connectivity index (χ4n) is 1.60. The van der Waals surface area contributed by atoms with Gasteiger partial charge in [0, 0.05) is 19.8 Å². The first-order valence-electron chi connectivity index (χ1n) is 6.44. The van der Waals surface area contributed by atoms with Crippen molar-refractivity contribution in [2.24, 2.45) is 4.99 Å². The number of hydrogen-bond donors (Lipinski definition) is 0. The van der Waals surface area contributed by atoms with Crippen molar-refractivity contribution in [1.82, 2.24) is 0 Å². The molecule has 96 valence electrons. The summed E-state index contributed by atoms with van der Waals surface area (Å²) in [6.45, 7) is 10.8. The molecule has 3 nitrogen and oxygen atoms in total. The summed E-state index contributed by atoms with van der Waals surface area (Å²) in [5.41, 5.74) is 0. The highest BCUT2D eigenvalue weighted by molar-refractivity contribution is 6.66. The lowest BCUT2D eigenvalue weighted by molar-refractivity contribution is 0.188. The zero-order valence-corrected chi connectivity index (χ0v) is 12.3. The molecule has 0 aromatic heterocycles. The molecule has 0 aliphatic rings. The monoisotopic (exact) mass is 245 g/mol. The second kappa shape index (κ2) is 9.99. The highest BCUT2D eigenvalue weighted by Crippen LogP contribution is 2.15. The van der Waals surface area contributed by atoms with Gasteiger partial charge in [0.15, 0.2) is 0 Å². The summed E-state index contributed by atoms with van der Waals surface area (Å²) in [6.07, 6.45) is 5.36. The maximum Gasteiger partial charge on any atom is 0.334 e. The van der Waals surface area contributed by atoms with Gasteiger partial charge >= 0.3 is 8.56 Å². The molecular formula is C12H27NO2Si. The van der Waals surface area contributed by atoms with Crippen LogP contribution in [0.15, 0.2) is 4.99 Å². The molecule has 0 aliphatic carbocycles. The van der Waals surface area contributed by atoms with E-state index < -0.39 is 8.56 Å². The Balaban J connectivity index is 3.75. The maximum absolute atomic E-state index is 5.76. The minimum atomic E-state index is -1.89. The maximum atomic E-state index is 5.76. The van der Waals surface area contributed by atoms with Crippen LogP contribution in [-0.2, 0) is 8.85 Å². The summed E-state index contributed by atoms with van der Waals surface area (Å²) in [6, 6.07) is 1.04. The van der Waals surface area contributed by atoms with E-state index in [2.05, 4.69) is 18.5 Å². The molecule has 4 heteroatoms. The van der Waals surface area contributed by atoms with Crippen LogP contribution in [0, 0.1) is 0 Å². The zero-order chi connectivity index (χ0) is 12.3. The molecule has 0 aromatic carbocycles. The van der Waals surface area contributed by atoms with Gasteiger partial charge in [0.2, 0.25) is 0 Å². The van der Waals surface area contributed by atoms with Crippen molar-refractivity contribution in [1.29, 1.82) is 0 Å². The molecule has 0 heterocycles. The van der Waals surface area contributed by atoms with Gasteiger partial charge in [0.1, 0.15) is 0 Å². The molecule has 16 heavy (non-hydrogen) atoms. The predicted octanol–water partition coefficient (Wildman–Crippen LogP) is 3.39. The van der Waals surface area contributed by atoms with Crippen molar-refractivity contribution in [3.8, 4) is 0 Å². The van der Waals surface area contributed by atoms with Crippen molar-refractivity contribution in [2.75, 3.05) is 19.8 Å². The van der Waals surface area contributed by atoms with Crippen LogP contribution in [0.25, 0.3) is 0 Å². The molecule has 0 saturated heterocycles. The van der Waals surface area contributed by atoms with Gasteiger partial charge in [0.05, 0.1) is 0 Å². The Morgan fingerprint density at radius 3 is 2.25 bits per heavy atom. The number of aliphatic imine (C=N–C) groups is 1. The topological polar surface area (TPSA) is 30.8 Å². The van der Waals surface area contributed by atoms with Gasteiger partial charge in [-0.05, 0) is 45.5 Å². The largest absolute Gasteiger partial charge is 0.395 e. The zero-order valence-electron chi connectivity index (χ0n) is 11.3. The normalized spacial score (nSPS) is 12.5. The molecule has 0 saturated carbocycles. The van der Waals surface area contributed by atoms with Crippen LogP contribution >= 0.6 is 0 Å². The third-order valence-electron chi connectivity index (χ3n) is 2.36. The van der Waals surface area contributed by atoms with Crippen LogP contribution < -0.4 is 0 Å². The third-order valence-corrected chi connectivity index (χ3v) is 5.42. The van der Waals surface area contributed by atoms with E-state index in [9.17, 15) is 0 Å². The smallest absolute Gasteiger partial charge is 0.334 e. The number of hydrogen-bond acceptors (Lipinski definition) is 3. The minimum Gasteiger partial charge on any atom is -0.395 e. The van der Waals surface area contributed by atoms with Crippen molar-refractivity contribution < 1.29 is 8.85 Å². The lowest BCUT2D eigenvalue weighted by Crippen LogP contribution is -2.38. The van der Waals surface area contributed by atoms with Crippen LogP contribution in [0.3, 0.4) is 0 Å². The van der Waals surface area contributed by atoms with Crippen LogP contribution in [0.1, 0.15) is 40.0 Å². The van der Waals surface area contributed by atoms with E-state index >= 15 is 0 Å². The fourth-order valence-corrected chi connectivity index (χ4v) is 3.99. The Kier molecular flexibility index (Phi) is 9.87. The van der Waals surface area contributed by atoms with Crippen molar-refractivity contribution in [3.05, 3.63) is 0 Å². The van der Waals surface area contributed by atoms with Crippen molar-refractivity contribution >= 4 is 14.8 Å². The molecule has 0 radical (unpaired) electrons. The first-order valence-corrected chi connectivity index (χ1v) is 8.97. The quantitative estimate of drug-likeness (QED) is 0.335. The summed E-state index contributed by atoms with van der Waals surface area (Å²) >= 11 is 0. The van der Waals surface area contributed by atoms with Gasteiger partial charge < -0.3 is 8.85 Å². The SMILES string of the molecule is CCCC=NCCC[Si](C)(OCC)OCC. The number of unbranched alkanes of at least 4 members (excludes halogenated alkanes) is 1. The molecule has 0 bridgehead atoms. The summed E-state index contributed by atoms with van der Waals surface area (Å²) in [5.74, 6) is 0. The van der Waals surface area contributed by atoms with Gasteiger partial charge in [-0.3, -0.25) is 4.99 Å². The summed E-state index contributed by atoms with van der Waals surface area (Å²) in [4.78, 5) is 4.37. The Labute approximate surface area is 102 Å². The van der Waals surface area contributed by atoms with Crippen molar-refractivity contribution in [2.45, 2.75) is 52.6 Å². The average Bonchev–Trinajstić information content (AvgIpc) is 2.24. The molecule has 0 atom stereocenters. The second-order valence-electron chi connectivity index (χ2n) is 3.98. The van der Waals surface area contributed by atoms with E-state index in [-0.39, 0.29) is 0 Å². The van der Waals surface area contributed by atoms with E-state index in [1.54, 1.807) is 0 Å². The standard InChI is InChI=1S/C12H27NO2Si/c1-5-8-10-13-11-9-12-16(4,14-6-2)15-7-3/h10H,5-9,11-12H2,1-4H3. The highest BCUT2D eigenvalue weighted by Gasteiger charge is 2.29. The summed E-state index contributed by atoms with van der Waals surface area (Å²) < 4.78 is 11.5. The second-order valence-corrected chi connectivity index (χ2v) is 7.33. The molecule has 0 rings (SSSR count). The highest BCUT2D eigenvalue weighted by atomic mass is 28.4. The molecule has 0 N–H and O–H groups in total. The lowest BCUT2D eigenvalue weighted by Gasteiger charge is -2.25. The Bertz CT molecular complexity index is 180. The lowest BCUT2D eigenvalue weighted by atomic mass is 10.4. The van der Waals surface area contributed by atoms with Gasteiger partial charge in [-0.1, -0.05) is 13.3 Å². The van der Waals surface area contributed by atoms with E-state index in [1.165, 1.54) is 6.42 Å². The average molecular weight is 245 g/mol. The molecule has 0 unspecified atom stereocenters. The number of rotatable bonds is 10. The first kappa shape index (κ1) is 15.8. The molecule has 0 aliphatic heterocycles. The first-order chi connectivity index (χ1) is 7.68. The van der Waals surface area contributed by atoms with Crippen LogP contribution in [0.2, 0.25) is 12.6 Å². The Morgan fingerprint density at radius 1 is 1.12 bits per heavy atom. The van der Waals surface area contributed by atoms with Crippen molar-refractivity contribution in [3.63, 3.8) is 0 Å². The van der Waals surface area contributed by atoms with E-state index in [4.69, 9.17) is 8.85 Å². The Hall–Kier alpha value is -0.193. The molecule has 0 spiro atoms. The molecule has 0 aromatic rings. The van der Waals surface area contributed by atoms with Gasteiger partial charge in [0.25, 0.3) is 0 Å². The van der Waals surface area contributed by atoms with Crippen LogP contribution in [0.5, 0.6) is 0 Å². The van der Waals surface area contributed by atoms with Gasteiger partial charge in [-0.25, -0.2) is 0 Å². The number of nitrogens with zero attached hydrogens (tertiary/aromatic N) is 1. The summed E-state index contributed by atoms with van der Waals surface area (Å²) in [7, 11) is -1.89. The molecule has 0 amide bonds. The predicted molar refractivity (Wildman–Crippen MR) is 72.6 cm³/mol. The van der Waals surface area contributed by atoms with E-state index in [0.717, 1.165) is 38.6 Å². The fraction of sp³-hybridized carbons (Fsp3) is 0.917. The van der Waals surface area contributed by atoms with E-state index in [0.29, 0.717) is 0 Å². The molecule has 0 fully saturated rings. The summed E-state index contributed by atoms with van der Waals surface area (Å²) in [5, 5.41) is 0. The third kappa shape index (κ3) is 8.02.